The second kappa shape index (κ2) is 3.10. The molecule has 0 atom stereocenters. The Kier molecular flexibility index (Phi) is 1.92. The Hall–Kier alpha value is -1.91. The summed E-state index contributed by atoms with van der Waals surface area (Å²) < 4.78 is 18.3. The number of halogens is 1. The first kappa shape index (κ1) is 8.68. The standard InChI is InChI=1S/C9H8FN3O/c1-14-8-7-5(10)3-2-4-6(7)12-9(11)13-8/h2-4H,1H3,(H2,11,12,13). The highest BCUT2D eigenvalue weighted by atomic mass is 19.1. The van der Waals surface area contributed by atoms with Crippen LogP contribution in [-0.2, 0) is 0 Å². The zero-order chi connectivity index (χ0) is 10.1. The largest absolute Gasteiger partial charge is 0.480 e. The molecule has 2 rings (SSSR count). The van der Waals surface area contributed by atoms with Gasteiger partial charge in [-0.05, 0) is 12.1 Å². The summed E-state index contributed by atoms with van der Waals surface area (Å²) >= 11 is 0. The van der Waals surface area contributed by atoms with Crippen molar-refractivity contribution in [1.29, 1.82) is 0 Å². The van der Waals surface area contributed by atoms with Crippen LogP contribution in [0.25, 0.3) is 10.9 Å². The van der Waals surface area contributed by atoms with E-state index in [0.717, 1.165) is 0 Å². The highest BCUT2D eigenvalue weighted by Gasteiger charge is 2.10. The first-order chi connectivity index (χ1) is 6.72. The molecule has 4 nitrogen and oxygen atoms in total. The highest BCUT2D eigenvalue weighted by molar-refractivity contribution is 5.84. The van der Waals surface area contributed by atoms with Gasteiger partial charge in [0.05, 0.1) is 18.0 Å². The fourth-order valence-corrected chi connectivity index (χ4v) is 1.27. The van der Waals surface area contributed by atoms with E-state index in [1.165, 1.54) is 13.2 Å². The molecule has 0 aliphatic rings. The van der Waals surface area contributed by atoms with E-state index < -0.39 is 5.82 Å². The minimum atomic E-state index is -0.417. The number of methoxy groups -OCH3 is 1. The molecule has 1 heterocycles. The van der Waals surface area contributed by atoms with Crippen molar-refractivity contribution in [1.82, 2.24) is 9.97 Å². The maximum absolute atomic E-state index is 13.4. The van der Waals surface area contributed by atoms with Gasteiger partial charge in [-0.2, -0.15) is 4.98 Å². The fourth-order valence-electron chi connectivity index (χ4n) is 1.27. The van der Waals surface area contributed by atoms with Crippen molar-refractivity contribution in [2.45, 2.75) is 0 Å². The van der Waals surface area contributed by atoms with Gasteiger partial charge in [0.25, 0.3) is 0 Å². The van der Waals surface area contributed by atoms with E-state index >= 15 is 0 Å². The number of hydrogen-bond donors (Lipinski definition) is 1. The van der Waals surface area contributed by atoms with Gasteiger partial charge in [0.15, 0.2) is 0 Å². The number of ether oxygens (including phenoxy) is 1. The van der Waals surface area contributed by atoms with Gasteiger partial charge in [-0.1, -0.05) is 6.07 Å². The maximum atomic E-state index is 13.4. The molecule has 0 radical (unpaired) electrons. The van der Waals surface area contributed by atoms with Crippen molar-refractivity contribution in [3.05, 3.63) is 24.0 Å². The summed E-state index contributed by atoms with van der Waals surface area (Å²) in [6.07, 6.45) is 0. The van der Waals surface area contributed by atoms with Gasteiger partial charge in [0.1, 0.15) is 5.82 Å². The molecule has 0 fully saturated rings. The number of fused-ring (bicyclic) bond motifs is 1. The topological polar surface area (TPSA) is 61.0 Å². The van der Waals surface area contributed by atoms with Crippen molar-refractivity contribution < 1.29 is 9.13 Å². The van der Waals surface area contributed by atoms with E-state index in [-0.39, 0.29) is 17.2 Å². The summed E-state index contributed by atoms with van der Waals surface area (Å²) in [4.78, 5) is 7.68. The van der Waals surface area contributed by atoms with E-state index in [4.69, 9.17) is 10.5 Å². The monoisotopic (exact) mass is 193 g/mol. The molecule has 0 amide bonds. The normalized spacial score (nSPS) is 10.4. The summed E-state index contributed by atoms with van der Waals surface area (Å²) in [5.74, 6) is -0.190. The average molecular weight is 193 g/mol. The molecule has 0 unspecified atom stereocenters. The van der Waals surface area contributed by atoms with Crippen molar-refractivity contribution in [3.63, 3.8) is 0 Å². The lowest BCUT2D eigenvalue weighted by Crippen LogP contribution is -1.99. The molecule has 1 aromatic heterocycles. The summed E-state index contributed by atoms with van der Waals surface area (Å²) in [5, 5.41) is 0.254. The number of benzene rings is 1. The summed E-state index contributed by atoms with van der Waals surface area (Å²) in [6.45, 7) is 0. The Labute approximate surface area is 79.5 Å². The van der Waals surface area contributed by atoms with Crippen LogP contribution in [0.15, 0.2) is 18.2 Å². The van der Waals surface area contributed by atoms with Crippen LogP contribution in [0.1, 0.15) is 0 Å². The Morgan fingerprint density at radius 3 is 2.86 bits per heavy atom. The first-order valence-corrected chi connectivity index (χ1v) is 3.98. The van der Waals surface area contributed by atoms with Gasteiger partial charge >= 0.3 is 0 Å². The molecular weight excluding hydrogens is 185 g/mol. The molecule has 0 saturated heterocycles. The van der Waals surface area contributed by atoms with E-state index in [1.54, 1.807) is 12.1 Å². The molecule has 2 N–H and O–H groups in total. The number of anilines is 1. The van der Waals surface area contributed by atoms with Crippen LogP contribution in [-0.4, -0.2) is 17.1 Å². The smallest absolute Gasteiger partial charge is 0.229 e. The average Bonchev–Trinajstić information content (AvgIpc) is 2.16. The Bertz CT molecular complexity index is 487. The van der Waals surface area contributed by atoms with Crippen LogP contribution in [0.4, 0.5) is 10.3 Å². The zero-order valence-corrected chi connectivity index (χ0v) is 7.49. The molecule has 0 aliphatic carbocycles. The predicted molar refractivity (Wildman–Crippen MR) is 50.5 cm³/mol. The lowest BCUT2D eigenvalue weighted by Gasteiger charge is -2.05. The molecule has 14 heavy (non-hydrogen) atoms. The summed E-state index contributed by atoms with van der Waals surface area (Å²) in [6, 6.07) is 4.53. The van der Waals surface area contributed by atoms with Gasteiger partial charge in [-0.15, -0.1) is 0 Å². The minimum Gasteiger partial charge on any atom is -0.480 e. The molecule has 0 aliphatic heterocycles. The Morgan fingerprint density at radius 2 is 2.14 bits per heavy atom. The molecule has 0 spiro atoms. The molecule has 0 bridgehead atoms. The third-order valence-electron chi connectivity index (χ3n) is 1.85. The van der Waals surface area contributed by atoms with Gasteiger partial charge in [0, 0.05) is 0 Å². The predicted octanol–water partition coefficient (Wildman–Crippen LogP) is 1.36. The number of nitrogen functional groups attached to an aromatic ring is 1. The molecule has 1 aromatic carbocycles. The third kappa shape index (κ3) is 1.22. The SMILES string of the molecule is COc1nc(N)nc2cccc(F)c12. The number of nitrogens with two attached hydrogens (primary N) is 1. The number of rotatable bonds is 1. The Balaban J connectivity index is 2.88. The van der Waals surface area contributed by atoms with Crippen molar-refractivity contribution in [2.75, 3.05) is 12.8 Å². The molecule has 2 aromatic rings. The van der Waals surface area contributed by atoms with Crippen LogP contribution in [0.5, 0.6) is 5.88 Å². The third-order valence-corrected chi connectivity index (χ3v) is 1.85. The van der Waals surface area contributed by atoms with E-state index in [2.05, 4.69) is 9.97 Å². The van der Waals surface area contributed by atoms with Crippen molar-refractivity contribution in [3.8, 4) is 5.88 Å². The van der Waals surface area contributed by atoms with Gasteiger partial charge in [-0.25, -0.2) is 9.37 Å². The first-order valence-electron chi connectivity index (χ1n) is 3.98. The van der Waals surface area contributed by atoms with Gasteiger partial charge in [-0.3, -0.25) is 0 Å². The fraction of sp³-hybridized carbons (Fsp3) is 0.111. The van der Waals surface area contributed by atoms with Crippen LogP contribution in [0, 0.1) is 5.82 Å². The second-order valence-corrected chi connectivity index (χ2v) is 2.73. The Morgan fingerprint density at radius 1 is 1.36 bits per heavy atom. The molecule has 5 heteroatoms. The van der Waals surface area contributed by atoms with Crippen molar-refractivity contribution >= 4 is 16.9 Å². The summed E-state index contributed by atoms with van der Waals surface area (Å²) in [5.41, 5.74) is 5.86. The number of hydrogen-bond acceptors (Lipinski definition) is 4. The van der Waals surface area contributed by atoms with Gasteiger partial charge < -0.3 is 10.5 Å². The second-order valence-electron chi connectivity index (χ2n) is 2.73. The number of aromatic nitrogens is 2. The van der Waals surface area contributed by atoms with Crippen LogP contribution in [0.2, 0.25) is 0 Å². The van der Waals surface area contributed by atoms with Gasteiger partial charge in [0.2, 0.25) is 11.8 Å². The van der Waals surface area contributed by atoms with Crippen LogP contribution < -0.4 is 10.5 Å². The lowest BCUT2D eigenvalue weighted by molar-refractivity contribution is 0.401. The van der Waals surface area contributed by atoms with E-state index in [1.807, 2.05) is 0 Å². The highest BCUT2D eigenvalue weighted by Crippen LogP contribution is 2.25. The lowest BCUT2D eigenvalue weighted by atomic mass is 10.2. The van der Waals surface area contributed by atoms with Crippen molar-refractivity contribution in [2.24, 2.45) is 0 Å². The number of nitrogens with zero attached hydrogens (tertiary/aromatic N) is 2. The molecule has 0 saturated carbocycles. The van der Waals surface area contributed by atoms with E-state index in [0.29, 0.717) is 5.52 Å². The summed E-state index contributed by atoms with van der Waals surface area (Å²) in [7, 11) is 1.41. The molecular formula is C9H8FN3O. The zero-order valence-electron chi connectivity index (χ0n) is 7.49. The minimum absolute atomic E-state index is 0.0694. The quantitative estimate of drug-likeness (QED) is 0.742. The molecule has 72 valence electrons. The van der Waals surface area contributed by atoms with E-state index in [9.17, 15) is 4.39 Å². The van der Waals surface area contributed by atoms with Crippen LogP contribution in [0.3, 0.4) is 0 Å². The van der Waals surface area contributed by atoms with Crippen LogP contribution >= 0.6 is 0 Å². The maximum Gasteiger partial charge on any atom is 0.229 e.